The number of amides is 2. The molecule has 0 fully saturated rings. The first-order valence-corrected chi connectivity index (χ1v) is 14.1. The van der Waals surface area contributed by atoms with Crippen LogP contribution in [-0.2, 0) is 18.3 Å². The number of nitrogens with zero attached hydrogens (tertiary/aromatic N) is 4. The first kappa shape index (κ1) is 29.5. The summed E-state index contributed by atoms with van der Waals surface area (Å²) in [6.45, 7) is 5.86. The van der Waals surface area contributed by atoms with Gasteiger partial charge in [-0.05, 0) is 73.4 Å². The maximum absolute atomic E-state index is 13.6. The van der Waals surface area contributed by atoms with Gasteiger partial charge in [0.05, 0.1) is 11.9 Å². The van der Waals surface area contributed by atoms with Crippen LogP contribution in [0.2, 0.25) is 5.02 Å². The number of rotatable bonds is 9. The van der Waals surface area contributed by atoms with Crippen LogP contribution in [0.1, 0.15) is 41.5 Å². The molecule has 0 radical (unpaired) electrons. The van der Waals surface area contributed by atoms with E-state index in [1.54, 1.807) is 45.9 Å². The molecule has 2 aromatic carbocycles. The molecule has 0 aliphatic heterocycles. The summed E-state index contributed by atoms with van der Waals surface area (Å²) >= 11 is 6.59. The summed E-state index contributed by atoms with van der Waals surface area (Å²) in [6, 6.07) is 16.5. The molecule has 0 aliphatic rings. The van der Waals surface area contributed by atoms with Gasteiger partial charge in [-0.1, -0.05) is 35.0 Å². The Hall–Kier alpha value is -4.96. The molecule has 2 amide bonds. The normalized spacial score (nSPS) is 11.9. The number of carbonyl (C=O) groups excluding carboxylic acids is 2. The summed E-state index contributed by atoms with van der Waals surface area (Å²) in [5.41, 5.74) is 5.77. The van der Waals surface area contributed by atoms with Crippen molar-refractivity contribution in [2.45, 2.75) is 39.3 Å². The highest BCUT2D eigenvalue weighted by Gasteiger charge is 2.25. The molecule has 0 spiro atoms. The third-order valence-corrected chi connectivity index (χ3v) is 7.51. The van der Waals surface area contributed by atoms with Gasteiger partial charge >= 0.3 is 0 Å². The monoisotopic (exact) mass is 598 g/mol. The number of aryl methyl sites for hydroxylation is 2. The van der Waals surface area contributed by atoms with Crippen LogP contribution in [0.3, 0.4) is 0 Å². The minimum absolute atomic E-state index is 0.0127. The highest BCUT2D eigenvalue weighted by Crippen LogP contribution is 2.27. The largest absolute Gasteiger partial charge is 0.364 e. The molecule has 1 unspecified atom stereocenters. The number of hydrogen-bond donors (Lipinski definition) is 2. The van der Waals surface area contributed by atoms with Gasteiger partial charge in [-0.15, -0.1) is 0 Å². The van der Waals surface area contributed by atoms with Crippen molar-refractivity contribution in [3.63, 3.8) is 0 Å². The summed E-state index contributed by atoms with van der Waals surface area (Å²) < 4.78 is 8.26. The van der Waals surface area contributed by atoms with Crippen molar-refractivity contribution < 1.29 is 14.1 Å². The fourth-order valence-corrected chi connectivity index (χ4v) is 5.08. The van der Waals surface area contributed by atoms with Crippen molar-refractivity contribution >= 4 is 29.1 Å². The minimum Gasteiger partial charge on any atom is -0.364 e. The summed E-state index contributed by atoms with van der Waals surface area (Å²) in [5, 5.41) is 14.1. The van der Waals surface area contributed by atoms with E-state index in [4.69, 9.17) is 16.1 Å². The fraction of sp³-hybridized carbons (Fsp3) is 0.219. The van der Waals surface area contributed by atoms with Crippen LogP contribution in [0.5, 0.6) is 0 Å². The lowest BCUT2D eigenvalue weighted by Gasteiger charge is -2.20. The van der Waals surface area contributed by atoms with Gasteiger partial charge in [0.15, 0.2) is 5.69 Å². The summed E-state index contributed by atoms with van der Waals surface area (Å²) in [4.78, 5) is 38.8. The zero-order valence-electron chi connectivity index (χ0n) is 24.2. The van der Waals surface area contributed by atoms with Crippen molar-refractivity contribution in [1.82, 2.24) is 24.8 Å². The molecule has 1 atom stereocenters. The number of nitrogens with one attached hydrogen (secondary N) is 2. The van der Waals surface area contributed by atoms with E-state index >= 15 is 0 Å². The molecule has 5 rings (SSSR count). The molecule has 43 heavy (non-hydrogen) atoms. The first-order chi connectivity index (χ1) is 20.6. The van der Waals surface area contributed by atoms with Gasteiger partial charge in [-0.25, -0.2) is 0 Å². The lowest BCUT2D eigenvalue weighted by molar-refractivity contribution is -0.118. The Labute approximate surface area is 253 Å². The minimum atomic E-state index is -0.999. The molecular formula is C32H31ClN6O4. The number of benzene rings is 2. The molecule has 3 aromatic heterocycles. The Morgan fingerprint density at radius 2 is 1.72 bits per heavy atom. The molecule has 0 aliphatic carbocycles. The molecule has 220 valence electrons. The van der Waals surface area contributed by atoms with Crippen molar-refractivity contribution in [3.8, 4) is 22.4 Å². The third kappa shape index (κ3) is 6.60. The van der Waals surface area contributed by atoms with E-state index in [2.05, 4.69) is 20.9 Å². The number of anilines is 1. The predicted octanol–water partition coefficient (Wildman–Crippen LogP) is 5.43. The van der Waals surface area contributed by atoms with Gasteiger partial charge < -0.3 is 19.7 Å². The molecule has 0 saturated heterocycles. The van der Waals surface area contributed by atoms with Crippen LogP contribution in [0.15, 0.2) is 88.6 Å². The topological polar surface area (TPSA) is 124 Å². The standard InChI is InChI=1S/C32H31ClN6O4/c1-19(2)39-18-23(8-12-29(39)40)22-7-11-26(33)24(15-22)16-28(36-31(41)27-13-14-43-37-27)32(42)35-25-9-5-21(6-10-25)30-20(3)17-34-38(30)4/h5-15,17-19,28H,16H2,1-4H3,(H,35,42)(H,36,41). The second-order valence-corrected chi connectivity index (χ2v) is 11.0. The zero-order valence-corrected chi connectivity index (χ0v) is 24.9. The van der Waals surface area contributed by atoms with E-state index in [-0.39, 0.29) is 23.7 Å². The van der Waals surface area contributed by atoms with E-state index < -0.39 is 17.9 Å². The van der Waals surface area contributed by atoms with E-state index in [0.717, 1.165) is 27.9 Å². The Morgan fingerprint density at radius 3 is 2.37 bits per heavy atom. The molecule has 3 heterocycles. The maximum Gasteiger partial charge on any atom is 0.274 e. The van der Waals surface area contributed by atoms with Crippen LogP contribution >= 0.6 is 11.6 Å². The van der Waals surface area contributed by atoms with E-state index in [9.17, 15) is 14.4 Å². The van der Waals surface area contributed by atoms with Crippen LogP contribution in [0.4, 0.5) is 5.69 Å². The first-order valence-electron chi connectivity index (χ1n) is 13.7. The Balaban J connectivity index is 1.42. The maximum atomic E-state index is 13.6. The summed E-state index contributed by atoms with van der Waals surface area (Å²) in [6.07, 6.45) is 4.98. The molecule has 5 aromatic rings. The van der Waals surface area contributed by atoms with Crippen LogP contribution in [0, 0.1) is 6.92 Å². The smallest absolute Gasteiger partial charge is 0.274 e. The van der Waals surface area contributed by atoms with Crippen molar-refractivity contribution in [3.05, 3.63) is 112 Å². The molecule has 0 saturated carbocycles. The lowest BCUT2D eigenvalue weighted by Crippen LogP contribution is -2.45. The van der Waals surface area contributed by atoms with Crippen molar-refractivity contribution in [2.75, 3.05) is 5.32 Å². The highest BCUT2D eigenvalue weighted by molar-refractivity contribution is 6.31. The van der Waals surface area contributed by atoms with E-state index in [1.165, 1.54) is 18.4 Å². The highest BCUT2D eigenvalue weighted by atomic mass is 35.5. The van der Waals surface area contributed by atoms with Gasteiger partial charge in [0.25, 0.3) is 11.5 Å². The zero-order chi connectivity index (χ0) is 30.7. The average Bonchev–Trinajstić information content (AvgIpc) is 3.64. The van der Waals surface area contributed by atoms with Crippen molar-refractivity contribution in [1.29, 1.82) is 0 Å². The average molecular weight is 599 g/mol. The van der Waals surface area contributed by atoms with Gasteiger partial charge in [0.1, 0.15) is 12.3 Å². The summed E-state index contributed by atoms with van der Waals surface area (Å²) in [5.74, 6) is -0.997. The Bertz CT molecular complexity index is 1800. The number of halogens is 1. The van der Waals surface area contributed by atoms with Gasteiger partial charge in [-0.3, -0.25) is 19.1 Å². The second kappa shape index (κ2) is 12.5. The molecule has 2 N–H and O–H groups in total. The number of pyridine rings is 1. The number of aromatic nitrogens is 4. The predicted molar refractivity (Wildman–Crippen MR) is 165 cm³/mol. The third-order valence-electron chi connectivity index (χ3n) is 7.14. The van der Waals surface area contributed by atoms with Gasteiger partial charge in [0, 0.05) is 54.1 Å². The quantitative estimate of drug-likeness (QED) is 0.233. The summed E-state index contributed by atoms with van der Waals surface area (Å²) in [7, 11) is 1.88. The molecular weight excluding hydrogens is 568 g/mol. The van der Waals surface area contributed by atoms with Crippen LogP contribution in [0.25, 0.3) is 22.4 Å². The lowest BCUT2D eigenvalue weighted by atomic mass is 9.99. The molecule has 0 bridgehead atoms. The van der Waals surface area contributed by atoms with Crippen LogP contribution in [-0.4, -0.2) is 37.4 Å². The van der Waals surface area contributed by atoms with Gasteiger partial charge in [-0.2, -0.15) is 5.10 Å². The van der Waals surface area contributed by atoms with E-state index in [1.807, 2.05) is 52.1 Å². The fourth-order valence-electron chi connectivity index (χ4n) is 4.88. The number of carbonyl (C=O) groups is 2. The molecule has 10 nitrogen and oxygen atoms in total. The Kier molecular flexibility index (Phi) is 8.58. The Morgan fingerprint density at radius 1 is 1.00 bits per heavy atom. The SMILES string of the molecule is Cc1cnn(C)c1-c1ccc(NC(=O)C(Cc2cc(-c3ccc(=O)n(C(C)C)c3)ccc2Cl)NC(=O)c2ccon2)cc1. The second-order valence-electron chi connectivity index (χ2n) is 10.5. The van der Waals surface area contributed by atoms with Crippen molar-refractivity contribution in [2.24, 2.45) is 7.05 Å². The molecule has 11 heteroatoms. The van der Waals surface area contributed by atoms with E-state index in [0.29, 0.717) is 16.3 Å². The van der Waals surface area contributed by atoms with Gasteiger partial charge in [0.2, 0.25) is 5.91 Å². The number of hydrogen-bond acceptors (Lipinski definition) is 6. The van der Waals surface area contributed by atoms with Crippen LogP contribution < -0.4 is 16.2 Å².